The third-order valence-electron chi connectivity index (χ3n) is 3.89. The lowest BCUT2D eigenvalue weighted by Crippen LogP contribution is -2.41. The number of carboxylic acids is 1. The van der Waals surface area contributed by atoms with Crippen molar-refractivity contribution in [2.24, 2.45) is 5.92 Å². The molecule has 1 aromatic heterocycles. The first kappa shape index (κ1) is 18.2. The molecule has 0 saturated carbocycles. The van der Waals surface area contributed by atoms with Crippen LogP contribution in [0.5, 0.6) is 0 Å². The number of carbonyl (C=O) groups excluding carboxylic acids is 1. The number of carboxylic acid groups (broad SMARTS) is 1. The van der Waals surface area contributed by atoms with Crippen molar-refractivity contribution < 1.29 is 14.7 Å². The van der Waals surface area contributed by atoms with E-state index in [1.165, 1.54) is 6.20 Å². The van der Waals surface area contributed by atoms with Gasteiger partial charge in [-0.25, -0.2) is 4.79 Å². The number of nitrogens with zero attached hydrogens (tertiary/aromatic N) is 2. The summed E-state index contributed by atoms with van der Waals surface area (Å²) in [6, 6.07) is -0.615. The van der Waals surface area contributed by atoms with Crippen LogP contribution in [0.3, 0.4) is 0 Å². The normalized spacial score (nSPS) is 12.7. The Bertz CT molecular complexity index is 519. The Balaban J connectivity index is 2.92. The first-order valence-corrected chi connectivity index (χ1v) is 7.89. The molecule has 1 aromatic rings. The maximum Gasteiger partial charge on any atom is 0.326 e. The van der Waals surface area contributed by atoms with Gasteiger partial charge in [-0.15, -0.1) is 0 Å². The van der Waals surface area contributed by atoms with E-state index in [1.54, 1.807) is 0 Å². The van der Waals surface area contributed by atoms with Crippen LogP contribution >= 0.6 is 0 Å². The molecule has 0 aliphatic heterocycles. The number of nitrogens with one attached hydrogen (secondary N) is 1. The third kappa shape index (κ3) is 4.32. The molecule has 0 aliphatic rings. The molecule has 0 unspecified atom stereocenters. The van der Waals surface area contributed by atoms with Gasteiger partial charge < -0.3 is 10.4 Å². The van der Waals surface area contributed by atoms with Gasteiger partial charge in [-0.05, 0) is 32.1 Å². The summed E-state index contributed by atoms with van der Waals surface area (Å²) < 4.78 is 1.85. The van der Waals surface area contributed by atoms with Crippen LogP contribution in [0.2, 0.25) is 0 Å². The SMILES string of the molecule is CCC(CC)n1ncc(C(=O)N[C@H](CC(C)C)C(=O)O)c1C. The average molecular weight is 309 g/mol. The summed E-state index contributed by atoms with van der Waals surface area (Å²) in [5.41, 5.74) is 1.22. The molecule has 22 heavy (non-hydrogen) atoms. The van der Waals surface area contributed by atoms with Gasteiger partial charge in [0.05, 0.1) is 17.8 Å². The summed E-state index contributed by atoms with van der Waals surface area (Å²) in [6.45, 7) is 9.87. The maximum atomic E-state index is 12.3. The van der Waals surface area contributed by atoms with E-state index in [0.717, 1.165) is 18.5 Å². The lowest BCUT2D eigenvalue weighted by molar-refractivity contribution is -0.139. The molecule has 124 valence electrons. The van der Waals surface area contributed by atoms with E-state index >= 15 is 0 Å². The molecule has 6 heteroatoms. The molecule has 1 amide bonds. The van der Waals surface area contributed by atoms with Crippen LogP contribution in [0.4, 0.5) is 0 Å². The van der Waals surface area contributed by atoms with Crippen molar-refractivity contribution in [1.29, 1.82) is 0 Å². The summed E-state index contributed by atoms with van der Waals surface area (Å²) in [4.78, 5) is 23.6. The molecule has 1 atom stereocenters. The van der Waals surface area contributed by atoms with E-state index in [1.807, 2.05) is 25.5 Å². The van der Waals surface area contributed by atoms with Crippen molar-refractivity contribution in [3.05, 3.63) is 17.5 Å². The molecule has 0 saturated heterocycles. The van der Waals surface area contributed by atoms with Crippen LogP contribution in [0, 0.1) is 12.8 Å². The second-order valence-electron chi connectivity index (χ2n) is 6.05. The van der Waals surface area contributed by atoms with Crippen LogP contribution in [0.1, 0.15) is 69.1 Å². The van der Waals surface area contributed by atoms with Gasteiger partial charge in [0.25, 0.3) is 5.91 Å². The van der Waals surface area contributed by atoms with Crippen molar-refractivity contribution in [2.75, 3.05) is 0 Å². The van der Waals surface area contributed by atoms with Gasteiger partial charge in [-0.3, -0.25) is 9.48 Å². The highest BCUT2D eigenvalue weighted by atomic mass is 16.4. The molecule has 6 nitrogen and oxygen atoms in total. The van der Waals surface area contributed by atoms with Crippen molar-refractivity contribution >= 4 is 11.9 Å². The Morgan fingerprint density at radius 1 is 1.32 bits per heavy atom. The third-order valence-corrected chi connectivity index (χ3v) is 3.89. The largest absolute Gasteiger partial charge is 0.480 e. The fraction of sp³-hybridized carbons (Fsp3) is 0.688. The average Bonchev–Trinajstić information content (AvgIpc) is 2.81. The summed E-state index contributed by atoms with van der Waals surface area (Å²) in [5, 5.41) is 16.1. The predicted octanol–water partition coefficient (Wildman–Crippen LogP) is 2.78. The molecule has 0 fully saturated rings. The number of rotatable bonds is 8. The molecular weight excluding hydrogens is 282 g/mol. The lowest BCUT2D eigenvalue weighted by Gasteiger charge is -2.17. The maximum absolute atomic E-state index is 12.3. The Morgan fingerprint density at radius 2 is 1.91 bits per heavy atom. The molecule has 0 radical (unpaired) electrons. The van der Waals surface area contributed by atoms with Gasteiger partial charge >= 0.3 is 5.97 Å². The van der Waals surface area contributed by atoms with Gasteiger partial charge in [0, 0.05) is 5.69 Å². The van der Waals surface area contributed by atoms with Crippen molar-refractivity contribution in [2.45, 2.75) is 66.0 Å². The van der Waals surface area contributed by atoms with Gasteiger partial charge in [-0.2, -0.15) is 5.10 Å². The van der Waals surface area contributed by atoms with Crippen molar-refractivity contribution in [1.82, 2.24) is 15.1 Å². The Hall–Kier alpha value is -1.85. The van der Waals surface area contributed by atoms with Crippen LogP contribution in [0.25, 0.3) is 0 Å². The standard InChI is InChI=1S/C16H27N3O3/c1-6-12(7-2)19-11(5)13(9-17-19)15(20)18-14(16(21)22)8-10(3)4/h9-10,12,14H,6-8H2,1-5H3,(H,18,20)(H,21,22)/t14-/m1/s1. The van der Waals surface area contributed by atoms with Crippen LogP contribution in [-0.2, 0) is 4.79 Å². The predicted molar refractivity (Wildman–Crippen MR) is 84.9 cm³/mol. The molecule has 1 heterocycles. The topological polar surface area (TPSA) is 84.2 Å². The first-order valence-electron chi connectivity index (χ1n) is 7.89. The molecule has 0 spiro atoms. The minimum atomic E-state index is -1.01. The molecular formula is C16H27N3O3. The number of hydrogen-bond donors (Lipinski definition) is 2. The number of aromatic nitrogens is 2. The van der Waals surface area contributed by atoms with E-state index in [4.69, 9.17) is 0 Å². The highest BCUT2D eigenvalue weighted by Gasteiger charge is 2.24. The van der Waals surface area contributed by atoms with Crippen molar-refractivity contribution in [3.8, 4) is 0 Å². The lowest BCUT2D eigenvalue weighted by atomic mass is 10.0. The summed E-state index contributed by atoms with van der Waals surface area (Å²) in [5.74, 6) is -1.19. The Morgan fingerprint density at radius 3 is 2.36 bits per heavy atom. The highest BCUT2D eigenvalue weighted by Crippen LogP contribution is 2.19. The first-order chi connectivity index (χ1) is 10.3. The minimum Gasteiger partial charge on any atom is -0.480 e. The molecule has 0 bridgehead atoms. The van der Waals surface area contributed by atoms with Gasteiger partial charge in [0.2, 0.25) is 0 Å². The monoisotopic (exact) mass is 309 g/mol. The van der Waals surface area contributed by atoms with Crippen LogP contribution < -0.4 is 5.32 Å². The minimum absolute atomic E-state index is 0.190. The zero-order chi connectivity index (χ0) is 16.9. The van der Waals surface area contributed by atoms with E-state index in [9.17, 15) is 14.7 Å². The smallest absolute Gasteiger partial charge is 0.326 e. The fourth-order valence-corrected chi connectivity index (χ4v) is 2.58. The number of hydrogen-bond acceptors (Lipinski definition) is 3. The molecule has 0 aromatic carbocycles. The summed E-state index contributed by atoms with van der Waals surface area (Å²) >= 11 is 0. The second-order valence-corrected chi connectivity index (χ2v) is 6.05. The molecule has 0 aliphatic carbocycles. The molecule has 1 rings (SSSR count). The van der Waals surface area contributed by atoms with E-state index in [2.05, 4.69) is 24.3 Å². The second kappa shape index (κ2) is 7.96. The van der Waals surface area contributed by atoms with E-state index in [-0.39, 0.29) is 17.9 Å². The van der Waals surface area contributed by atoms with E-state index in [0.29, 0.717) is 12.0 Å². The number of aliphatic carboxylic acids is 1. The summed E-state index contributed by atoms with van der Waals surface area (Å²) in [7, 11) is 0. The quantitative estimate of drug-likeness (QED) is 0.773. The summed E-state index contributed by atoms with van der Waals surface area (Å²) in [6.07, 6.45) is 3.80. The Kier molecular flexibility index (Phi) is 6.59. The van der Waals surface area contributed by atoms with Gasteiger partial charge in [0.15, 0.2) is 0 Å². The van der Waals surface area contributed by atoms with Crippen molar-refractivity contribution in [3.63, 3.8) is 0 Å². The highest BCUT2D eigenvalue weighted by molar-refractivity contribution is 5.97. The number of amides is 1. The van der Waals surface area contributed by atoms with Crippen LogP contribution in [0.15, 0.2) is 6.20 Å². The van der Waals surface area contributed by atoms with Gasteiger partial charge in [-0.1, -0.05) is 27.7 Å². The van der Waals surface area contributed by atoms with E-state index < -0.39 is 12.0 Å². The zero-order valence-electron chi connectivity index (χ0n) is 14.1. The fourth-order valence-electron chi connectivity index (χ4n) is 2.58. The van der Waals surface area contributed by atoms with Crippen LogP contribution in [-0.4, -0.2) is 32.8 Å². The number of carbonyl (C=O) groups is 2. The Labute approximate surface area is 131 Å². The van der Waals surface area contributed by atoms with Gasteiger partial charge in [0.1, 0.15) is 6.04 Å². The molecule has 2 N–H and O–H groups in total. The zero-order valence-corrected chi connectivity index (χ0v) is 14.1.